The van der Waals surface area contributed by atoms with E-state index in [2.05, 4.69) is 18.9 Å². The minimum absolute atomic E-state index is 0.500. The Balaban J connectivity index is 2.16. The van der Waals surface area contributed by atoms with Gasteiger partial charge in [0.2, 0.25) is 0 Å². The molecule has 1 aliphatic heterocycles. The van der Waals surface area contributed by atoms with E-state index in [1.54, 1.807) is 0 Å². The van der Waals surface area contributed by atoms with E-state index < -0.39 is 0 Å². The Hall–Kier alpha value is -0.340. The Morgan fingerprint density at radius 1 is 1.53 bits per heavy atom. The summed E-state index contributed by atoms with van der Waals surface area (Å²) in [5, 5.41) is 3.39. The Morgan fingerprint density at radius 3 is 3.00 bits per heavy atom. The molecule has 2 atom stereocenters. The highest BCUT2D eigenvalue weighted by Gasteiger charge is 2.17. The summed E-state index contributed by atoms with van der Waals surface area (Å²) < 4.78 is 5.76. The number of hydrogen-bond acceptors (Lipinski definition) is 2. The van der Waals surface area contributed by atoms with Gasteiger partial charge in [-0.15, -0.1) is 6.58 Å². The van der Waals surface area contributed by atoms with Crippen molar-refractivity contribution in [3.8, 4) is 0 Å². The number of allylic oxidation sites excluding steroid dienone is 1. The molecule has 15 heavy (non-hydrogen) atoms. The van der Waals surface area contributed by atoms with Crippen molar-refractivity contribution in [1.82, 2.24) is 5.32 Å². The molecule has 0 bridgehead atoms. The lowest BCUT2D eigenvalue weighted by molar-refractivity contribution is 0.00508. The summed E-state index contributed by atoms with van der Waals surface area (Å²) in [4.78, 5) is 0. The van der Waals surface area contributed by atoms with Crippen LogP contribution < -0.4 is 5.32 Å². The minimum atomic E-state index is 0.500. The second kappa shape index (κ2) is 7.89. The molecule has 1 heterocycles. The van der Waals surface area contributed by atoms with Crippen molar-refractivity contribution >= 4 is 0 Å². The van der Waals surface area contributed by atoms with Gasteiger partial charge in [0, 0.05) is 12.6 Å². The predicted molar refractivity (Wildman–Crippen MR) is 65.1 cm³/mol. The van der Waals surface area contributed by atoms with Crippen molar-refractivity contribution < 1.29 is 4.74 Å². The summed E-state index contributed by atoms with van der Waals surface area (Å²) in [7, 11) is 2.06. The van der Waals surface area contributed by atoms with Gasteiger partial charge in [0.15, 0.2) is 0 Å². The van der Waals surface area contributed by atoms with Crippen LogP contribution in [-0.4, -0.2) is 25.8 Å². The zero-order valence-electron chi connectivity index (χ0n) is 10.0. The van der Waals surface area contributed by atoms with Crippen molar-refractivity contribution in [2.75, 3.05) is 13.7 Å². The maximum Gasteiger partial charge on any atom is 0.0590 e. The van der Waals surface area contributed by atoms with Crippen LogP contribution in [0.2, 0.25) is 0 Å². The first kappa shape index (κ1) is 12.7. The van der Waals surface area contributed by atoms with E-state index in [1.165, 1.54) is 38.5 Å². The van der Waals surface area contributed by atoms with Crippen LogP contribution in [0.4, 0.5) is 0 Å². The highest BCUT2D eigenvalue weighted by Crippen LogP contribution is 2.18. The van der Waals surface area contributed by atoms with E-state index in [-0.39, 0.29) is 0 Å². The largest absolute Gasteiger partial charge is 0.378 e. The van der Waals surface area contributed by atoms with E-state index in [0.717, 1.165) is 13.0 Å². The van der Waals surface area contributed by atoms with Gasteiger partial charge < -0.3 is 10.1 Å². The topological polar surface area (TPSA) is 21.3 Å². The highest BCUT2D eigenvalue weighted by molar-refractivity contribution is 4.75. The zero-order chi connectivity index (χ0) is 10.9. The maximum absolute atomic E-state index is 5.76. The Morgan fingerprint density at radius 2 is 2.40 bits per heavy atom. The molecule has 88 valence electrons. The van der Waals surface area contributed by atoms with Gasteiger partial charge in [-0.05, 0) is 52.0 Å². The van der Waals surface area contributed by atoms with E-state index in [0.29, 0.717) is 12.1 Å². The molecular formula is C13H25NO. The molecule has 2 unspecified atom stereocenters. The lowest BCUT2D eigenvalue weighted by atomic mass is 9.98. The summed E-state index contributed by atoms with van der Waals surface area (Å²) in [6.45, 7) is 4.72. The third-order valence-electron chi connectivity index (χ3n) is 3.19. The van der Waals surface area contributed by atoms with Crippen LogP contribution in [0.1, 0.15) is 44.9 Å². The molecule has 1 aliphatic rings. The molecule has 0 aromatic heterocycles. The van der Waals surface area contributed by atoms with Crippen LogP contribution in [-0.2, 0) is 4.74 Å². The monoisotopic (exact) mass is 211 g/mol. The van der Waals surface area contributed by atoms with Gasteiger partial charge in [0.05, 0.1) is 6.10 Å². The maximum atomic E-state index is 5.76. The van der Waals surface area contributed by atoms with Crippen molar-refractivity contribution in [1.29, 1.82) is 0 Å². The van der Waals surface area contributed by atoms with Gasteiger partial charge >= 0.3 is 0 Å². The second-order valence-electron chi connectivity index (χ2n) is 4.43. The normalized spacial score (nSPS) is 23.7. The van der Waals surface area contributed by atoms with Crippen LogP contribution in [0.15, 0.2) is 12.7 Å². The van der Waals surface area contributed by atoms with Crippen LogP contribution in [0, 0.1) is 0 Å². The molecule has 2 heteroatoms. The lowest BCUT2D eigenvalue weighted by Gasteiger charge is -2.26. The van der Waals surface area contributed by atoms with E-state index in [9.17, 15) is 0 Å². The summed E-state index contributed by atoms with van der Waals surface area (Å²) in [6.07, 6.45) is 11.1. The van der Waals surface area contributed by atoms with Crippen LogP contribution in [0.5, 0.6) is 0 Å². The molecule has 0 aromatic rings. The number of ether oxygens (including phenoxy) is 1. The molecule has 2 nitrogen and oxygen atoms in total. The molecule has 0 aromatic carbocycles. The Bertz CT molecular complexity index is 164. The number of unbranched alkanes of at least 4 members (excludes halogenated alkanes) is 1. The lowest BCUT2D eigenvalue weighted by Crippen LogP contribution is -2.32. The molecule has 0 saturated carbocycles. The third-order valence-corrected chi connectivity index (χ3v) is 3.19. The highest BCUT2D eigenvalue weighted by atomic mass is 16.5. The summed E-state index contributed by atoms with van der Waals surface area (Å²) in [5.74, 6) is 0. The fourth-order valence-corrected chi connectivity index (χ4v) is 2.20. The van der Waals surface area contributed by atoms with Crippen LogP contribution in [0.25, 0.3) is 0 Å². The molecule has 1 saturated heterocycles. The fraction of sp³-hybridized carbons (Fsp3) is 0.846. The smallest absolute Gasteiger partial charge is 0.0590 e. The summed E-state index contributed by atoms with van der Waals surface area (Å²) in [6, 6.07) is 0.619. The van der Waals surface area contributed by atoms with Crippen molar-refractivity contribution in [3.63, 3.8) is 0 Å². The Labute approximate surface area is 94.1 Å². The first-order chi connectivity index (χ1) is 7.36. The van der Waals surface area contributed by atoms with Crippen LogP contribution >= 0.6 is 0 Å². The van der Waals surface area contributed by atoms with Gasteiger partial charge in [-0.2, -0.15) is 0 Å². The first-order valence-electron chi connectivity index (χ1n) is 6.26. The third kappa shape index (κ3) is 5.33. The zero-order valence-corrected chi connectivity index (χ0v) is 10.0. The molecule has 0 radical (unpaired) electrons. The molecule has 0 spiro atoms. The van der Waals surface area contributed by atoms with E-state index >= 15 is 0 Å². The second-order valence-corrected chi connectivity index (χ2v) is 4.43. The van der Waals surface area contributed by atoms with Gasteiger partial charge in [-0.25, -0.2) is 0 Å². The quantitative estimate of drug-likeness (QED) is 0.516. The number of rotatable bonds is 7. The molecule has 0 amide bonds. The molecule has 1 rings (SSSR count). The standard InChI is InChI=1S/C13H25NO/c1-3-4-5-8-12(14-2)11-13-9-6-7-10-15-13/h3,12-14H,1,4-11H2,2H3. The fourth-order valence-electron chi connectivity index (χ4n) is 2.20. The van der Waals surface area contributed by atoms with E-state index in [4.69, 9.17) is 4.74 Å². The summed E-state index contributed by atoms with van der Waals surface area (Å²) >= 11 is 0. The van der Waals surface area contributed by atoms with Gasteiger partial charge in [-0.1, -0.05) is 6.08 Å². The number of hydrogen-bond donors (Lipinski definition) is 1. The Kier molecular flexibility index (Phi) is 6.69. The first-order valence-corrected chi connectivity index (χ1v) is 6.26. The molecule has 0 aliphatic carbocycles. The number of nitrogens with one attached hydrogen (secondary N) is 1. The van der Waals surface area contributed by atoms with Crippen LogP contribution in [0.3, 0.4) is 0 Å². The summed E-state index contributed by atoms with van der Waals surface area (Å²) in [5.41, 5.74) is 0. The predicted octanol–water partition coefficient (Wildman–Crippen LogP) is 2.89. The van der Waals surface area contributed by atoms with Gasteiger partial charge in [0.1, 0.15) is 0 Å². The average molecular weight is 211 g/mol. The van der Waals surface area contributed by atoms with Crippen molar-refractivity contribution in [2.45, 2.75) is 57.1 Å². The molecule has 1 fully saturated rings. The van der Waals surface area contributed by atoms with Gasteiger partial charge in [0.25, 0.3) is 0 Å². The SMILES string of the molecule is C=CCCCC(CC1CCCCO1)NC. The molecule has 1 N–H and O–H groups in total. The van der Waals surface area contributed by atoms with Crippen molar-refractivity contribution in [2.24, 2.45) is 0 Å². The molecular weight excluding hydrogens is 186 g/mol. The van der Waals surface area contributed by atoms with Gasteiger partial charge in [-0.3, -0.25) is 0 Å². The minimum Gasteiger partial charge on any atom is -0.378 e. The average Bonchev–Trinajstić information content (AvgIpc) is 2.29. The van der Waals surface area contributed by atoms with E-state index in [1.807, 2.05) is 6.08 Å². The van der Waals surface area contributed by atoms with Crippen molar-refractivity contribution in [3.05, 3.63) is 12.7 Å².